The summed E-state index contributed by atoms with van der Waals surface area (Å²) < 4.78 is 28.6. The average Bonchev–Trinajstić information content (AvgIpc) is 3.53. The van der Waals surface area contributed by atoms with Gasteiger partial charge in [-0.1, -0.05) is 30.3 Å². The highest BCUT2D eigenvalue weighted by Gasteiger charge is 2.26. The summed E-state index contributed by atoms with van der Waals surface area (Å²) in [4.78, 5) is 19.6. The molecule has 0 bridgehead atoms. The molecule has 6 rings (SSSR count). The van der Waals surface area contributed by atoms with Crippen molar-refractivity contribution in [2.24, 2.45) is 0 Å². The molecule has 1 amide bonds. The molecule has 38 heavy (non-hydrogen) atoms. The van der Waals surface area contributed by atoms with Gasteiger partial charge in [-0.3, -0.25) is 9.10 Å². The molecule has 0 unspecified atom stereocenters. The van der Waals surface area contributed by atoms with Gasteiger partial charge in [-0.25, -0.2) is 13.4 Å². The fourth-order valence-electron chi connectivity index (χ4n) is 4.75. The number of para-hydroxylation sites is 2. The zero-order chi connectivity index (χ0) is 26.3. The number of carbonyl (C=O) groups excluding carboxylic acids is 1. The van der Waals surface area contributed by atoms with Crippen LogP contribution in [0.1, 0.15) is 33.6 Å². The summed E-state index contributed by atoms with van der Waals surface area (Å²) in [6.45, 7) is 0. The number of aromatic nitrogens is 1. The molecule has 1 aliphatic rings. The number of thiazole rings is 1. The second-order valence-corrected chi connectivity index (χ2v) is 13.3. The van der Waals surface area contributed by atoms with Gasteiger partial charge in [0.1, 0.15) is 10.0 Å². The zero-order valence-electron chi connectivity index (χ0n) is 20.7. The molecule has 0 saturated heterocycles. The van der Waals surface area contributed by atoms with E-state index in [4.69, 9.17) is 4.98 Å². The second-order valence-electron chi connectivity index (χ2n) is 9.19. The molecule has 0 radical (unpaired) electrons. The van der Waals surface area contributed by atoms with Crippen LogP contribution in [0.5, 0.6) is 0 Å². The van der Waals surface area contributed by atoms with Gasteiger partial charge >= 0.3 is 0 Å². The minimum absolute atomic E-state index is 0.127. The molecule has 192 valence electrons. The van der Waals surface area contributed by atoms with E-state index in [1.807, 2.05) is 24.3 Å². The number of anilines is 2. The van der Waals surface area contributed by atoms with Crippen molar-refractivity contribution in [1.29, 1.82) is 0 Å². The first-order chi connectivity index (χ1) is 18.4. The van der Waals surface area contributed by atoms with E-state index in [9.17, 15) is 13.2 Å². The number of hydrogen-bond acceptors (Lipinski definition) is 6. The predicted octanol–water partition coefficient (Wildman–Crippen LogP) is 6.98. The maximum Gasteiger partial charge on any atom is 0.264 e. The van der Waals surface area contributed by atoms with E-state index < -0.39 is 10.0 Å². The summed E-state index contributed by atoms with van der Waals surface area (Å²) in [7, 11) is -2.23. The smallest absolute Gasteiger partial charge is 0.264 e. The average molecular weight is 560 g/mol. The molecular weight excluding hydrogens is 535 g/mol. The maximum atomic E-state index is 13.3. The second kappa shape index (κ2) is 9.98. The number of rotatable bonds is 6. The molecule has 6 nitrogen and oxygen atoms in total. The van der Waals surface area contributed by atoms with Gasteiger partial charge in [-0.05, 0) is 79.8 Å². The number of nitrogens with one attached hydrogen (secondary N) is 1. The van der Waals surface area contributed by atoms with Crippen LogP contribution in [0.3, 0.4) is 0 Å². The van der Waals surface area contributed by atoms with E-state index in [-0.39, 0.29) is 10.8 Å². The van der Waals surface area contributed by atoms with Crippen molar-refractivity contribution in [2.75, 3.05) is 16.7 Å². The molecule has 0 saturated carbocycles. The van der Waals surface area contributed by atoms with Crippen molar-refractivity contribution >= 4 is 59.5 Å². The van der Waals surface area contributed by atoms with Gasteiger partial charge in [0.2, 0.25) is 0 Å². The molecule has 0 fully saturated rings. The van der Waals surface area contributed by atoms with Crippen molar-refractivity contribution in [2.45, 2.75) is 30.6 Å². The van der Waals surface area contributed by atoms with Gasteiger partial charge in [0, 0.05) is 23.1 Å². The molecule has 5 aromatic rings. The van der Waals surface area contributed by atoms with E-state index in [2.05, 4.69) is 11.4 Å². The third kappa shape index (κ3) is 4.51. The lowest BCUT2D eigenvalue weighted by atomic mass is 9.95. The van der Waals surface area contributed by atoms with Crippen LogP contribution in [0.2, 0.25) is 0 Å². The van der Waals surface area contributed by atoms with Crippen LogP contribution in [0, 0.1) is 0 Å². The van der Waals surface area contributed by atoms with Gasteiger partial charge in [0.25, 0.3) is 15.9 Å². The van der Waals surface area contributed by atoms with E-state index >= 15 is 0 Å². The van der Waals surface area contributed by atoms with Crippen LogP contribution in [0.15, 0.2) is 83.8 Å². The maximum absolute atomic E-state index is 13.3. The predicted molar refractivity (Wildman–Crippen MR) is 156 cm³/mol. The van der Waals surface area contributed by atoms with E-state index in [1.165, 1.54) is 33.9 Å². The van der Waals surface area contributed by atoms with E-state index in [0.717, 1.165) is 51.5 Å². The number of sulfonamides is 1. The summed E-state index contributed by atoms with van der Waals surface area (Å²) in [5.74, 6) is -0.272. The Bertz CT molecular complexity index is 1710. The van der Waals surface area contributed by atoms with Gasteiger partial charge in [0.15, 0.2) is 0 Å². The molecule has 0 aliphatic heterocycles. The Morgan fingerprint density at radius 1 is 0.895 bits per heavy atom. The van der Waals surface area contributed by atoms with Gasteiger partial charge in [-0.2, -0.15) is 0 Å². The fourth-order valence-corrected chi connectivity index (χ4v) is 8.34. The van der Waals surface area contributed by atoms with Crippen LogP contribution < -0.4 is 9.62 Å². The first-order valence-electron chi connectivity index (χ1n) is 12.4. The van der Waals surface area contributed by atoms with Crippen molar-refractivity contribution in [3.63, 3.8) is 0 Å². The van der Waals surface area contributed by atoms with Crippen LogP contribution >= 0.6 is 22.7 Å². The summed E-state index contributed by atoms with van der Waals surface area (Å²) in [6, 6.07) is 23.1. The Balaban J connectivity index is 1.29. The Kier molecular flexibility index (Phi) is 6.51. The lowest BCUT2D eigenvalue weighted by Crippen LogP contribution is -2.26. The van der Waals surface area contributed by atoms with Crippen molar-refractivity contribution in [3.8, 4) is 10.6 Å². The minimum atomic E-state index is -3.75. The molecule has 1 aliphatic carbocycles. The minimum Gasteiger partial charge on any atom is -0.313 e. The molecule has 0 spiro atoms. The molecule has 3 aromatic carbocycles. The molecule has 0 atom stereocenters. The lowest BCUT2D eigenvalue weighted by molar-refractivity contribution is 0.102. The fraction of sp³-hybridized carbons (Fsp3) is 0.172. The highest BCUT2D eigenvalue weighted by molar-refractivity contribution is 7.92. The van der Waals surface area contributed by atoms with Crippen molar-refractivity contribution in [3.05, 3.63) is 94.9 Å². The number of fused-ring (bicyclic) bond motifs is 2. The normalized spacial score (nSPS) is 13.3. The van der Waals surface area contributed by atoms with Gasteiger partial charge in [-0.15, -0.1) is 22.7 Å². The highest BCUT2D eigenvalue weighted by atomic mass is 32.2. The Morgan fingerprint density at radius 2 is 1.61 bits per heavy atom. The quantitative estimate of drug-likeness (QED) is 0.243. The molecular formula is C29H25N3O3S3. The number of carbonyl (C=O) groups is 1. The highest BCUT2D eigenvalue weighted by Crippen LogP contribution is 2.46. The standard InChI is InChI=1S/C29H25N3O3S3/c1-32(20-9-3-2-4-10-20)38(34,35)21-17-15-19(16-18-21)27(33)31-29-26(22-11-5-7-13-24(22)36-29)28-30-23-12-6-8-14-25(23)37-28/h2-4,6,8-10,12,14-18H,5,7,11,13H2,1H3,(H,31,33). The van der Waals surface area contributed by atoms with Gasteiger partial charge < -0.3 is 5.32 Å². The number of thiophene rings is 1. The SMILES string of the molecule is CN(c1ccccc1)S(=O)(=O)c1ccc(C(=O)Nc2sc3c(c2-c2nc4ccccc4s2)CCCC3)cc1. The third-order valence-corrected chi connectivity index (χ3v) is 10.9. The first-order valence-corrected chi connectivity index (χ1v) is 15.4. The molecule has 2 aromatic heterocycles. The van der Waals surface area contributed by atoms with Crippen molar-refractivity contribution in [1.82, 2.24) is 4.98 Å². The number of amides is 1. The largest absolute Gasteiger partial charge is 0.313 e. The Labute approximate surface area is 229 Å². The monoisotopic (exact) mass is 559 g/mol. The Hall–Kier alpha value is -3.53. The summed E-state index contributed by atoms with van der Waals surface area (Å²) in [5, 5.41) is 4.85. The molecule has 1 N–H and O–H groups in total. The number of nitrogens with zero attached hydrogens (tertiary/aromatic N) is 2. The van der Waals surface area contributed by atoms with E-state index in [0.29, 0.717) is 11.3 Å². The molecule has 2 heterocycles. The lowest BCUT2D eigenvalue weighted by Gasteiger charge is -2.19. The van der Waals surface area contributed by atoms with Crippen molar-refractivity contribution < 1.29 is 13.2 Å². The molecule has 9 heteroatoms. The summed E-state index contributed by atoms with van der Waals surface area (Å²) in [6.07, 6.45) is 4.26. The van der Waals surface area contributed by atoms with Crippen LogP contribution in [0.4, 0.5) is 10.7 Å². The number of hydrogen-bond donors (Lipinski definition) is 1. The van der Waals surface area contributed by atoms with E-state index in [1.54, 1.807) is 59.1 Å². The van der Waals surface area contributed by atoms with Crippen LogP contribution in [-0.2, 0) is 22.9 Å². The third-order valence-electron chi connectivity index (χ3n) is 6.80. The van der Waals surface area contributed by atoms with Crippen LogP contribution in [0.25, 0.3) is 20.8 Å². The van der Waals surface area contributed by atoms with Crippen LogP contribution in [-0.4, -0.2) is 26.4 Å². The van der Waals surface area contributed by atoms with Gasteiger partial charge in [0.05, 0.1) is 20.8 Å². The number of benzene rings is 3. The first kappa shape index (κ1) is 24.8. The topological polar surface area (TPSA) is 79.4 Å². The summed E-state index contributed by atoms with van der Waals surface area (Å²) in [5.41, 5.74) is 4.24. The Morgan fingerprint density at radius 3 is 2.37 bits per heavy atom. The zero-order valence-corrected chi connectivity index (χ0v) is 23.1. The summed E-state index contributed by atoms with van der Waals surface area (Å²) >= 11 is 3.27. The number of aryl methyl sites for hydroxylation is 1.